The van der Waals surface area contributed by atoms with Crippen molar-refractivity contribution in [1.29, 1.82) is 0 Å². The summed E-state index contributed by atoms with van der Waals surface area (Å²) in [5.41, 5.74) is 5.03. The van der Waals surface area contributed by atoms with Crippen LogP contribution in [0.5, 0.6) is 0 Å². The second-order valence-electron chi connectivity index (χ2n) is 8.65. The molecule has 0 aliphatic carbocycles. The SMILES string of the molecule is CC(=CCOC1CCCCO1)CCC=C(C)COCc1ccc(C(=O)c2ccccc2)cc1. The molecule has 4 heteroatoms. The number of ether oxygens (including phenoxy) is 3. The summed E-state index contributed by atoms with van der Waals surface area (Å²) >= 11 is 0. The molecule has 0 spiro atoms. The lowest BCUT2D eigenvalue weighted by molar-refractivity contribution is -0.155. The number of allylic oxidation sites excluding steroid dienone is 2. The van der Waals surface area contributed by atoms with Gasteiger partial charge in [0.05, 0.1) is 19.8 Å². The number of carbonyl (C=O) groups is 1. The number of ketones is 1. The fourth-order valence-electron chi connectivity index (χ4n) is 3.69. The quantitative estimate of drug-likeness (QED) is 0.269. The van der Waals surface area contributed by atoms with Crippen LogP contribution in [-0.4, -0.2) is 31.9 Å². The molecule has 1 saturated heterocycles. The van der Waals surface area contributed by atoms with E-state index in [2.05, 4.69) is 26.0 Å². The Balaban J connectivity index is 1.32. The van der Waals surface area contributed by atoms with Crippen LogP contribution in [0.3, 0.4) is 0 Å². The van der Waals surface area contributed by atoms with Gasteiger partial charge in [0.1, 0.15) is 0 Å². The Labute approximate surface area is 198 Å². The number of hydrogen-bond donors (Lipinski definition) is 0. The van der Waals surface area contributed by atoms with Gasteiger partial charge < -0.3 is 14.2 Å². The fraction of sp³-hybridized carbons (Fsp3) is 0.414. The zero-order valence-electron chi connectivity index (χ0n) is 19.9. The second kappa shape index (κ2) is 13.9. The summed E-state index contributed by atoms with van der Waals surface area (Å²) in [7, 11) is 0. The Bertz CT molecular complexity index is 906. The molecule has 2 aromatic rings. The van der Waals surface area contributed by atoms with Crippen LogP contribution in [0.15, 0.2) is 77.9 Å². The summed E-state index contributed by atoms with van der Waals surface area (Å²) in [5.74, 6) is 0.0417. The van der Waals surface area contributed by atoms with Gasteiger partial charge in [0.25, 0.3) is 0 Å². The predicted molar refractivity (Wildman–Crippen MR) is 132 cm³/mol. The summed E-state index contributed by atoms with van der Waals surface area (Å²) in [6.07, 6.45) is 9.73. The molecule has 1 fully saturated rings. The predicted octanol–water partition coefficient (Wildman–Crippen LogP) is 6.65. The summed E-state index contributed by atoms with van der Waals surface area (Å²) < 4.78 is 17.2. The van der Waals surface area contributed by atoms with Gasteiger partial charge in [-0.2, -0.15) is 0 Å². The highest BCUT2D eigenvalue weighted by molar-refractivity contribution is 6.08. The average Bonchev–Trinajstić information content (AvgIpc) is 2.85. The topological polar surface area (TPSA) is 44.8 Å². The van der Waals surface area contributed by atoms with Crippen LogP contribution in [0.4, 0.5) is 0 Å². The van der Waals surface area contributed by atoms with Gasteiger partial charge in [-0.3, -0.25) is 4.79 Å². The van der Waals surface area contributed by atoms with E-state index in [1.165, 1.54) is 17.6 Å². The lowest BCUT2D eigenvalue weighted by Gasteiger charge is -2.22. The zero-order valence-corrected chi connectivity index (χ0v) is 19.9. The monoisotopic (exact) mass is 448 g/mol. The normalized spacial score (nSPS) is 17.2. The van der Waals surface area contributed by atoms with Gasteiger partial charge >= 0.3 is 0 Å². The van der Waals surface area contributed by atoms with Crippen molar-refractivity contribution >= 4 is 5.78 Å². The van der Waals surface area contributed by atoms with Gasteiger partial charge in [0, 0.05) is 17.7 Å². The molecule has 2 aromatic carbocycles. The maximum Gasteiger partial charge on any atom is 0.193 e. The summed E-state index contributed by atoms with van der Waals surface area (Å²) in [6, 6.07) is 17.0. The Kier molecular flexibility index (Phi) is 10.6. The molecule has 1 unspecified atom stereocenters. The van der Waals surface area contributed by atoms with Crippen LogP contribution in [0.2, 0.25) is 0 Å². The fourth-order valence-corrected chi connectivity index (χ4v) is 3.69. The van der Waals surface area contributed by atoms with Gasteiger partial charge in [-0.25, -0.2) is 0 Å². The smallest absolute Gasteiger partial charge is 0.193 e. The van der Waals surface area contributed by atoms with Gasteiger partial charge in [-0.1, -0.05) is 77.9 Å². The molecule has 0 N–H and O–H groups in total. The van der Waals surface area contributed by atoms with Crippen molar-refractivity contribution in [3.63, 3.8) is 0 Å². The number of hydrogen-bond acceptors (Lipinski definition) is 4. The Hall–Kier alpha value is -2.53. The number of carbonyl (C=O) groups excluding carboxylic acids is 1. The zero-order chi connectivity index (χ0) is 23.3. The molecule has 0 aromatic heterocycles. The minimum atomic E-state index is -0.0253. The van der Waals surface area contributed by atoms with Crippen molar-refractivity contribution in [3.8, 4) is 0 Å². The molecule has 4 nitrogen and oxygen atoms in total. The molecule has 176 valence electrons. The second-order valence-corrected chi connectivity index (χ2v) is 8.65. The molecule has 0 bridgehead atoms. The van der Waals surface area contributed by atoms with Gasteiger partial charge in [0.15, 0.2) is 12.1 Å². The lowest BCUT2D eigenvalue weighted by Crippen LogP contribution is -2.22. The Morgan fingerprint density at radius 2 is 1.73 bits per heavy atom. The number of benzene rings is 2. The first-order valence-electron chi connectivity index (χ1n) is 11.9. The van der Waals surface area contributed by atoms with E-state index in [0.29, 0.717) is 30.9 Å². The molecular weight excluding hydrogens is 412 g/mol. The van der Waals surface area contributed by atoms with Gasteiger partial charge in [0.2, 0.25) is 0 Å². The molecule has 0 radical (unpaired) electrons. The first-order chi connectivity index (χ1) is 16.1. The van der Waals surface area contributed by atoms with Crippen LogP contribution in [0.1, 0.15) is 67.4 Å². The van der Waals surface area contributed by atoms with Crippen molar-refractivity contribution in [2.45, 2.75) is 58.8 Å². The third-order valence-electron chi connectivity index (χ3n) is 5.73. The van der Waals surface area contributed by atoms with E-state index < -0.39 is 0 Å². The van der Waals surface area contributed by atoms with E-state index >= 15 is 0 Å². The van der Waals surface area contributed by atoms with Crippen molar-refractivity contribution in [2.75, 3.05) is 19.8 Å². The third-order valence-corrected chi connectivity index (χ3v) is 5.73. The standard InChI is InChI=1S/C29H36O4/c1-23(18-20-33-28-13-6-7-19-32-28)9-8-10-24(2)21-31-22-25-14-16-27(17-15-25)29(30)26-11-4-3-5-12-26/h3-5,10-12,14-18,28H,6-9,13,19-22H2,1-2H3. The van der Waals surface area contributed by atoms with E-state index in [9.17, 15) is 4.79 Å². The van der Waals surface area contributed by atoms with Crippen LogP contribution in [0.25, 0.3) is 0 Å². The van der Waals surface area contributed by atoms with Crippen LogP contribution < -0.4 is 0 Å². The average molecular weight is 449 g/mol. The van der Waals surface area contributed by atoms with Crippen molar-refractivity contribution in [2.24, 2.45) is 0 Å². The number of rotatable bonds is 12. The molecular formula is C29H36O4. The van der Waals surface area contributed by atoms with Crippen LogP contribution >= 0.6 is 0 Å². The van der Waals surface area contributed by atoms with Gasteiger partial charge in [-0.05, 0) is 51.5 Å². The first kappa shape index (κ1) is 25.1. The van der Waals surface area contributed by atoms with E-state index in [4.69, 9.17) is 14.2 Å². The Morgan fingerprint density at radius 1 is 0.970 bits per heavy atom. The first-order valence-corrected chi connectivity index (χ1v) is 11.9. The summed E-state index contributed by atoms with van der Waals surface area (Å²) in [5, 5.41) is 0. The molecule has 3 rings (SSSR count). The lowest BCUT2D eigenvalue weighted by atomic mass is 10.0. The molecule has 0 amide bonds. The maximum absolute atomic E-state index is 12.5. The third kappa shape index (κ3) is 9.09. The minimum absolute atomic E-state index is 0.0253. The molecule has 1 aliphatic rings. The highest BCUT2D eigenvalue weighted by Gasteiger charge is 2.13. The van der Waals surface area contributed by atoms with Crippen molar-refractivity contribution in [1.82, 2.24) is 0 Å². The van der Waals surface area contributed by atoms with E-state index in [1.54, 1.807) is 0 Å². The van der Waals surface area contributed by atoms with Crippen LogP contribution in [-0.2, 0) is 20.8 Å². The highest BCUT2D eigenvalue weighted by Crippen LogP contribution is 2.15. The molecule has 1 atom stereocenters. The van der Waals surface area contributed by atoms with Crippen molar-refractivity contribution in [3.05, 3.63) is 94.6 Å². The van der Waals surface area contributed by atoms with E-state index in [0.717, 1.165) is 37.9 Å². The molecule has 1 aliphatic heterocycles. The van der Waals surface area contributed by atoms with E-state index in [1.807, 2.05) is 54.6 Å². The molecule has 0 saturated carbocycles. The molecule has 33 heavy (non-hydrogen) atoms. The van der Waals surface area contributed by atoms with Gasteiger partial charge in [-0.15, -0.1) is 0 Å². The largest absolute Gasteiger partial charge is 0.372 e. The Morgan fingerprint density at radius 3 is 2.45 bits per heavy atom. The summed E-state index contributed by atoms with van der Waals surface area (Å²) in [4.78, 5) is 12.5. The maximum atomic E-state index is 12.5. The highest BCUT2D eigenvalue weighted by atomic mass is 16.7. The summed E-state index contributed by atoms with van der Waals surface area (Å²) in [6.45, 7) is 6.83. The van der Waals surface area contributed by atoms with E-state index in [-0.39, 0.29) is 12.1 Å². The minimum Gasteiger partial charge on any atom is -0.372 e. The molecule has 1 heterocycles. The van der Waals surface area contributed by atoms with Crippen LogP contribution in [0, 0.1) is 0 Å². The van der Waals surface area contributed by atoms with Crippen molar-refractivity contribution < 1.29 is 19.0 Å².